The Bertz CT molecular complexity index is 876. The van der Waals surface area contributed by atoms with Crippen molar-refractivity contribution in [1.29, 1.82) is 0 Å². The minimum absolute atomic E-state index is 0.146. The number of hydrogen-bond acceptors (Lipinski definition) is 3. The predicted octanol–water partition coefficient (Wildman–Crippen LogP) is 3.85. The van der Waals surface area contributed by atoms with Crippen molar-refractivity contribution < 1.29 is 5.11 Å². The van der Waals surface area contributed by atoms with Gasteiger partial charge >= 0.3 is 0 Å². The molecule has 0 spiro atoms. The van der Waals surface area contributed by atoms with E-state index in [-0.39, 0.29) is 5.88 Å². The van der Waals surface area contributed by atoms with E-state index in [1.165, 1.54) is 6.42 Å². The Balaban J connectivity index is 1.95. The van der Waals surface area contributed by atoms with Crippen molar-refractivity contribution in [3.8, 4) is 5.88 Å². The average molecular weight is 305 g/mol. The number of fused-ring (bicyclic) bond motifs is 1. The predicted molar refractivity (Wildman–Crippen MR) is 94.1 cm³/mol. The van der Waals surface area contributed by atoms with E-state index in [1.54, 1.807) is 0 Å². The molecule has 0 saturated heterocycles. The summed E-state index contributed by atoms with van der Waals surface area (Å²) in [5.74, 6) is 0.146. The quantitative estimate of drug-likeness (QED) is 0.508. The van der Waals surface area contributed by atoms with Crippen LogP contribution in [0.25, 0.3) is 10.9 Å². The van der Waals surface area contributed by atoms with Crippen LogP contribution >= 0.6 is 0 Å². The van der Waals surface area contributed by atoms with E-state index in [2.05, 4.69) is 4.98 Å². The fourth-order valence-electron chi connectivity index (χ4n) is 3.01. The van der Waals surface area contributed by atoms with Crippen LogP contribution in [0.5, 0.6) is 5.88 Å². The topological polar surface area (TPSA) is 74.4 Å². The van der Waals surface area contributed by atoms with Crippen molar-refractivity contribution in [2.75, 3.05) is 5.73 Å². The van der Waals surface area contributed by atoms with Crippen LogP contribution in [0.2, 0.25) is 0 Å². The summed E-state index contributed by atoms with van der Waals surface area (Å²) < 4.78 is 0. The number of anilines is 1. The molecule has 0 unspecified atom stereocenters. The van der Waals surface area contributed by atoms with E-state index in [0.717, 1.165) is 40.6 Å². The third kappa shape index (κ3) is 2.46. The fraction of sp³-hybridized carbons (Fsp3) is 0.211. The van der Waals surface area contributed by atoms with Crippen LogP contribution in [0.3, 0.4) is 0 Å². The molecular formula is C19H19N3O. The van der Waals surface area contributed by atoms with Crippen LogP contribution in [0.4, 0.5) is 5.69 Å². The largest absolute Gasteiger partial charge is 0.494 e. The zero-order valence-corrected chi connectivity index (χ0v) is 12.8. The molecule has 0 atom stereocenters. The number of nitrogens with zero attached hydrogens (tertiary/aromatic N) is 1. The van der Waals surface area contributed by atoms with E-state index < -0.39 is 0 Å². The third-order valence-electron chi connectivity index (χ3n) is 4.47. The third-order valence-corrected chi connectivity index (χ3v) is 4.47. The van der Waals surface area contributed by atoms with Crippen molar-refractivity contribution in [1.82, 2.24) is 4.98 Å². The van der Waals surface area contributed by atoms with Gasteiger partial charge in [0.15, 0.2) is 5.88 Å². The Morgan fingerprint density at radius 2 is 1.91 bits per heavy atom. The maximum Gasteiger partial charge on any atom is 0.199 e. The van der Waals surface area contributed by atoms with Gasteiger partial charge in [0.1, 0.15) is 0 Å². The molecule has 4 N–H and O–H groups in total. The molecular weight excluding hydrogens is 286 g/mol. The van der Waals surface area contributed by atoms with E-state index in [1.807, 2.05) is 48.5 Å². The monoisotopic (exact) mass is 305 g/mol. The lowest BCUT2D eigenvalue weighted by molar-refractivity contribution is 0.420. The first-order valence-corrected chi connectivity index (χ1v) is 7.96. The highest BCUT2D eigenvalue weighted by atomic mass is 16.3. The molecule has 0 bridgehead atoms. The first kappa shape index (κ1) is 13.9. The van der Waals surface area contributed by atoms with Crippen LogP contribution < -0.4 is 5.73 Å². The summed E-state index contributed by atoms with van der Waals surface area (Å²) in [6.45, 7) is 0. The normalized spacial score (nSPS) is 15.7. The molecule has 1 aliphatic rings. The Hall–Kier alpha value is -2.75. The number of aromatic hydroxyl groups is 1. The zero-order chi connectivity index (χ0) is 15.8. The molecule has 1 heterocycles. The summed E-state index contributed by atoms with van der Waals surface area (Å²) in [6.07, 6.45) is 3.45. The lowest BCUT2D eigenvalue weighted by atomic mass is 9.92. The first-order chi connectivity index (χ1) is 11.2. The number of nitrogens with one attached hydrogen (secondary N) is 1. The van der Waals surface area contributed by atoms with Crippen LogP contribution in [0, 0.1) is 0 Å². The zero-order valence-electron chi connectivity index (χ0n) is 12.8. The van der Waals surface area contributed by atoms with Gasteiger partial charge in [-0.3, -0.25) is 4.99 Å². The number of hydrogen-bond donors (Lipinski definition) is 3. The minimum atomic E-state index is 0.146. The van der Waals surface area contributed by atoms with E-state index in [4.69, 9.17) is 10.7 Å². The number of nitrogen functional groups attached to an aromatic ring is 1. The summed E-state index contributed by atoms with van der Waals surface area (Å²) in [4.78, 5) is 7.96. The number of nitrogens with two attached hydrogens (primary N) is 1. The standard InChI is InChI=1S/C19H19N3O/c20-13-9-10-16-15(11-13)17(19(23)22-16)18(21-14-7-4-8-14)12-5-2-1-3-6-12/h1-3,5-6,9-11,14,22-23H,4,7-8,20H2. The molecule has 1 aromatic heterocycles. The molecule has 1 fully saturated rings. The molecule has 3 aromatic rings. The van der Waals surface area contributed by atoms with Gasteiger partial charge in [-0.2, -0.15) is 0 Å². The van der Waals surface area contributed by atoms with Crippen LogP contribution in [-0.2, 0) is 0 Å². The van der Waals surface area contributed by atoms with E-state index in [0.29, 0.717) is 11.7 Å². The van der Waals surface area contributed by atoms with Crippen molar-refractivity contribution in [3.05, 3.63) is 59.7 Å². The van der Waals surface area contributed by atoms with Crippen LogP contribution in [0.1, 0.15) is 30.4 Å². The molecule has 2 aromatic carbocycles. The first-order valence-electron chi connectivity index (χ1n) is 7.96. The van der Waals surface area contributed by atoms with Gasteiger partial charge in [0.25, 0.3) is 0 Å². The van der Waals surface area contributed by atoms with Gasteiger partial charge in [0.05, 0.1) is 17.3 Å². The molecule has 1 saturated carbocycles. The number of aliphatic imine (C=N–C) groups is 1. The molecule has 4 heteroatoms. The number of rotatable bonds is 3. The van der Waals surface area contributed by atoms with Crippen molar-refractivity contribution in [2.24, 2.45) is 4.99 Å². The number of aromatic nitrogens is 1. The second kappa shape index (κ2) is 5.47. The average Bonchev–Trinajstić information content (AvgIpc) is 2.83. The van der Waals surface area contributed by atoms with Crippen LogP contribution in [-0.4, -0.2) is 21.8 Å². The Morgan fingerprint density at radius 1 is 1.13 bits per heavy atom. The highest BCUT2D eigenvalue weighted by Crippen LogP contribution is 2.33. The van der Waals surface area contributed by atoms with Gasteiger partial charge in [-0.15, -0.1) is 0 Å². The lowest BCUT2D eigenvalue weighted by Crippen LogP contribution is -2.18. The maximum atomic E-state index is 10.5. The van der Waals surface area contributed by atoms with Gasteiger partial charge in [-0.25, -0.2) is 0 Å². The SMILES string of the molecule is Nc1ccc2[nH]c(O)c(C(=NC3CCC3)c3ccccc3)c2c1. The number of aromatic amines is 1. The van der Waals surface area contributed by atoms with Crippen molar-refractivity contribution in [3.63, 3.8) is 0 Å². The summed E-state index contributed by atoms with van der Waals surface area (Å²) in [6, 6.07) is 16.0. The smallest absolute Gasteiger partial charge is 0.199 e. The molecule has 0 aliphatic heterocycles. The lowest BCUT2D eigenvalue weighted by Gasteiger charge is -2.22. The minimum Gasteiger partial charge on any atom is -0.494 e. The Kier molecular flexibility index (Phi) is 3.30. The summed E-state index contributed by atoms with van der Waals surface area (Å²) >= 11 is 0. The van der Waals surface area contributed by atoms with Gasteiger partial charge in [-0.05, 0) is 37.5 Å². The highest BCUT2D eigenvalue weighted by Gasteiger charge is 2.22. The summed E-state index contributed by atoms with van der Waals surface area (Å²) in [5.41, 5.74) is 10.1. The van der Waals surface area contributed by atoms with Crippen LogP contribution in [0.15, 0.2) is 53.5 Å². The Morgan fingerprint density at radius 3 is 2.61 bits per heavy atom. The van der Waals surface area contributed by atoms with Gasteiger partial charge in [0, 0.05) is 22.2 Å². The molecule has 4 rings (SSSR count). The van der Waals surface area contributed by atoms with E-state index >= 15 is 0 Å². The van der Waals surface area contributed by atoms with E-state index in [9.17, 15) is 5.11 Å². The number of H-pyrrole nitrogens is 1. The highest BCUT2D eigenvalue weighted by molar-refractivity contribution is 6.21. The van der Waals surface area contributed by atoms with Crippen molar-refractivity contribution >= 4 is 22.3 Å². The molecule has 1 aliphatic carbocycles. The summed E-state index contributed by atoms with van der Waals surface area (Å²) in [5, 5.41) is 11.4. The molecule has 0 radical (unpaired) electrons. The second-order valence-corrected chi connectivity index (χ2v) is 6.08. The Labute approximate surface area is 134 Å². The maximum absolute atomic E-state index is 10.5. The number of benzene rings is 2. The van der Waals surface area contributed by atoms with Crippen molar-refractivity contribution in [2.45, 2.75) is 25.3 Å². The molecule has 23 heavy (non-hydrogen) atoms. The molecule has 4 nitrogen and oxygen atoms in total. The van der Waals surface area contributed by atoms with Gasteiger partial charge in [0.2, 0.25) is 0 Å². The van der Waals surface area contributed by atoms with Gasteiger partial charge in [-0.1, -0.05) is 30.3 Å². The summed E-state index contributed by atoms with van der Waals surface area (Å²) in [7, 11) is 0. The fourth-order valence-corrected chi connectivity index (χ4v) is 3.01. The second-order valence-electron chi connectivity index (χ2n) is 6.08. The van der Waals surface area contributed by atoms with Gasteiger partial charge < -0.3 is 15.8 Å². The molecule has 0 amide bonds. The molecule has 116 valence electrons.